The zero-order valence-corrected chi connectivity index (χ0v) is 19.5. The fourth-order valence-electron chi connectivity index (χ4n) is 3.53. The maximum atomic E-state index is 10.6. The summed E-state index contributed by atoms with van der Waals surface area (Å²) in [4.78, 5) is 28.5. The van der Waals surface area contributed by atoms with E-state index in [2.05, 4.69) is 35.8 Å². The SMILES string of the molecule is Cc1ncsc1CN1C[C@@H]2CCCO[C@@H]2[C@H](N(C)C)C1.O=C(O)C(F)(F)F.O=C(O)C(F)(F)F. The number of fused-ring (bicyclic) bond motifs is 1. The van der Waals surface area contributed by atoms with Gasteiger partial charge in [0.25, 0.3) is 0 Å². The lowest BCUT2D eigenvalue weighted by Gasteiger charge is -2.48. The molecule has 2 aliphatic rings. The summed E-state index contributed by atoms with van der Waals surface area (Å²) in [5.74, 6) is -4.82. The second kappa shape index (κ2) is 12.7. The molecular formula is C19H27F6N3O5S. The van der Waals surface area contributed by atoms with E-state index >= 15 is 0 Å². The number of thiazole rings is 1. The van der Waals surface area contributed by atoms with Crippen LogP contribution in [0.25, 0.3) is 0 Å². The number of carboxylic acid groups (broad SMARTS) is 2. The molecule has 1 aromatic heterocycles. The summed E-state index contributed by atoms with van der Waals surface area (Å²) in [6.45, 7) is 6.38. The summed E-state index contributed by atoms with van der Waals surface area (Å²) in [6.07, 6.45) is -7.21. The van der Waals surface area contributed by atoms with Gasteiger partial charge in [0, 0.05) is 37.2 Å². The van der Waals surface area contributed by atoms with Crippen molar-refractivity contribution in [2.45, 2.75) is 50.8 Å². The van der Waals surface area contributed by atoms with Gasteiger partial charge in [-0.1, -0.05) is 0 Å². The molecule has 3 heterocycles. The van der Waals surface area contributed by atoms with Crippen LogP contribution in [0.4, 0.5) is 26.3 Å². The fourth-order valence-corrected chi connectivity index (χ4v) is 4.35. The van der Waals surface area contributed by atoms with Gasteiger partial charge in [-0.2, -0.15) is 26.3 Å². The third kappa shape index (κ3) is 9.72. The first-order valence-corrected chi connectivity index (χ1v) is 10.9. The zero-order valence-electron chi connectivity index (χ0n) is 18.7. The highest BCUT2D eigenvalue weighted by Crippen LogP contribution is 2.31. The number of halogens is 6. The normalized spacial score (nSPS) is 23.2. The number of piperidine rings is 1. The molecule has 2 saturated heterocycles. The molecule has 2 fully saturated rings. The summed E-state index contributed by atoms with van der Waals surface area (Å²) >= 11 is 1.78. The van der Waals surface area contributed by atoms with Gasteiger partial charge in [0.1, 0.15) is 0 Å². The van der Waals surface area contributed by atoms with Crippen molar-refractivity contribution < 1.29 is 50.9 Å². The monoisotopic (exact) mass is 523 g/mol. The average Bonchev–Trinajstić information content (AvgIpc) is 3.11. The van der Waals surface area contributed by atoms with Crippen molar-refractivity contribution in [2.75, 3.05) is 33.8 Å². The number of alkyl halides is 6. The largest absolute Gasteiger partial charge is 0.490 e. The summed E-state index contributed by atoms with van der Waals surface area (Å²) in [5.41, 5.74) is 3.16. The van der Waals surface area contributed by atoms with Crippen molar-refractivity contribution >= 4 is 23.3 Å². The topological polar surface area (TPSA) is 103 Å². The molecule has 0 unspecified atom stereocenters. The van der Waals surface area contributed by atoms with Crippen LogP contribution in [0.2, 0.25) is 0 Å². The van der Waals surface area contributed by atoms with Crippen LogP contribution in [0.1, 0.15) is 23.4 Å². The highest BCUT2D eigenvalue weighted by Gasteiger charge is 2.40. The highest BCUT2D eigenvalue weighted by atomic mass is 32.1. The standard InChI is InChI=1S/C15H25N3OS.2C2HF3O2/c1-11-14(20-10-16-11)9-18-7-12-5-4-6-19-15(12)13(8-18)17(2)3;2*3-2(4,5)1(6)7/h10,12-13,15H,4-9H2,1-3H3;2*(H,6,7)/t12-,13+,15-;;/m0../s1. The third-order valence-electron chi connectivity index (χ3n) is 5.17. The second-order valence-electron chi connectivity index (χ2n) is 7.93. The molecule has 0 radical (unpaired) electrons. The molecule has 0 bridgehead atoms. The van der Waals surface area contributed by atoms with Gasteiger partial charge in [0.15, 0.2) is 0 Å². The first-order chi connectivity index (χ1) is 15.5. The molecule has 0 aromatic carbocycles. The van der Waals surface area contributed by atoms with Gasteiger partial charge in [-0.05, 0) is 39.8 Å². The molecule has 0 aliphatic carbocycles. The Balaban J connectivity index is 0.000000343. The highest BCUT2D eigenvalue weighted by molar-refractivity contribution is 7.09. The quantitative estimate of drug-likeness (QED) is 0.583. The van der Waals surface area contributed by atoms with Crippen LogP contribution >= 0.6 is 11.3 Å². The number of aryl methyl sites for hydroxylation is 1. The van der Waals surface area contributed by atoms with Crippen LogP contribution in [0, 0.1) is 12.8 Å². The van der Waals surface area contributed by atoms with Gasteiger partial charge in [0.05, 0.1) is 17.3 Å². The van der Waals surface area contributed by atoms with E-state index in [0.717, 1.165) is 19.7 Å². The predicted octanol–water partition coefficient (Wildman–Crippen LogP) is 3.26. The first kappa shape index (κ1) is 30.1. The van der Waals surface area contributed by atoms with E-state index < -0.39 is 24.3 Å². The van der Waals surface area contributed by atoms with Crippen molar-refractivity contribution in [3.63, 3.8) is 0 Å². The van der Waals surface area contributed by atoms with E-state index in [1.54, 1.807) is 11.3 Å². The van der Waals surface area contributed by atoms with Crippen molar-refractivity contribution in [1.82, 2.24) is 14.8 Å². The van der Waals surface area contributed by atoms with E-state index in [0.29, 0.717) is 18.1 Å². The van der Waals surface area contributed by atoms with Crippen molar-refractivity contribution in [1.29, 1.82) is 0 Å². The number of likely N-dealkylation sites (N-methyl/N-ethyl adjacent to an activating group) is 1. The molecule has 196 valence electrons. The van der Waals surface area contributed by atoms with Crippen LogP contribution in [0.3, 0.4) is 0 Å². The fraction of sp³-hybridized carbons (Fsp3) is 0.737. The van der Waals surface area contributed by atoms with E-state index in [1.807, 2.05) is 5.51 Å². The van der Waals surface area contributed by atoms with E-state index in [9.17, 15) is 26.3 Å². The molecule has 2 aliphatic heterocycles. The van der Waals surface area contributed by atoms with Gasteiger partial charge in [-0.25, -0.2) is 14.6 Å². The number of carboxylic acids is 2. The van der Waals surface area contributed by atoms with Crippen molar-refractivity contribution in [3.05, 3.63) is 16.1 Å². The molecule has 0 spiro atoms. The molecule has 2 N–H and O–H groups in total. The molecule has 1 aromatic rings. The minimum absolute atomic E-state index is 0.428. The Hall–Kier alpha value is -1.97. The Morgan fingerprint density at radius 1 is 1.15 bits per heavy atom. The predicted molar refractivity (Wildman–Crippen MR) is 109 cm³/mol. The summed E-state index contributed by atoms with van der Waals surface area (Å²) < 4.78 is 69.6. The number of hydrogen-bond acceptors (Lipinski definition) is 7. The second-order valence-corrected chi connectivity index (χ2v) is 8.87. The summed E-state index contributed by atoms with van der Waals surface area (Å²) in [7, 11) is 4.36. The number of aliphatic carboxylic acids is 2. The Morgan fingerprint density at radius 3 is 2.09 bits per heavy atom. The molecule has 15 heteroatoms. The Labute approximate surface area is 196 Å². The molecule has 8 nitrogen and oxygen atoms in total. The van der Waals surface area contributed by atoms with Gasteiger partial charge < -0.3 is 19.8 Å². The number of hydrogen-bond donors (Lipinski definition) is 2. The molecule has 0 amide bonds. The molecule has 3 atom stereocenters. The molecule has 3 rings (SSSR count). The van der Waals surface area contributed by atoms with E-state index in [1.165, 1.54) is 30.0 Å². The minimum atomic E-state index is -5.08. The van der Waals surface area contributed by atoms with Crippen LogP contribution in [0.5, 0.6) is 0 Å². The molecule has 0 saturated carbocycles. The van der Waals surface area contributed by atoms with Crippen molar-refractivity contribution in [2.24, 2.45) is 5.92 Å². The number of ether oxygens (including phenoxy) is 1. The average molecular weight is 523 g/mol. The van der Waals surface area contributed by atoms with Crippen LogP contribution in [-0.2, 0) is 20.9 Å². The lowest BCUT2D eigenvalue weighted by atomic mass is 9.85. The zero-order chi connectivity index (χ0) is 26.3. The smallest absolute Gasteiger partial charge is 0.475 e. The lowest BCUT2D eigenvalue weighted by molar-refractivity contribution is -0.193. The number of rotatable bonds is 3. The first-order valence-electron chi connectivity index (χ1n) is 10.0. The van der Waals surface area contributed by atoms with Crippen LogP contribution in [-0.4, -0.2) is 95.2 Å². The third-order valence-corrected chi connectivity index (χ3v) is 6.09. The number of carbonyl (C=O) groups is 2. The number of aromatic nitrogens is 1. The number of likely N-dealkylation sites (tertiary alicyclic amines) is 1. The maximum Gasteiger partial charge on any atom is 0.490 e. The molecule has 34 heavy (non-hydrogen) atoms. The Bertz CT molecular complexity index is 778. The Kier molecular flexibility index (Phi) is 11.2. The lowest BCUT2D eigenvalue weighted by Crippen LogP contribution is -2.59. The van der Waals surface area contributed by atoms with Gasteiger partial charge >= 0.3 is 24.3 Å². The summed E-state index contributed by atoms with van der Waals surface area (Å²) in [5, 5.41) is 14.2. The summed E-state index contributed by atoms with van der Waals surface area (Å²) in [6, 6.07) is 0.516. The van der Waals surface area contributed by atoms with E-state index in [4.69, 9.17) is 24.5 Å². The van der Waals surface area contributed by atoms with E-state index in [-0.39, 0.29) is 0 Å². The molecular weight excluding hydrogens is 496 g/mol. The van der Waals surface area contributed by atoms with Crippen LogP contribution < -0.4 is 0 Å². The maximum absolute atomic E-state index is 10.6. The Morgan fingerprint density at radius 2 is 1.68 bits per heavy atom. The number of nitrogens with zero attached hydrogens (tertiary/aromatic N) is 3. The van der Waals surface area contributed by atoms with Crippen molar-refractivity contribution in [3.8, 4) is 0 Å². The van der Waals surface area contributed by atoms with Crippen LogP contribution in [0.15, 0.2) is 5.51 Å². The minimum Gasteiger partial charge on any atom is -0.475 e. The van der Waals surface area contributed by atoms with Gasteiger partial charge in [-0.15, -0.1) is 11.3 Å². The van der Waals surface area contributed by atoms with Gasteiger partial charge in [-0.3, -0.25) is 4.90 Å². The van der Waals surface area contributed by atoms with Gasteiger partial charge in [0.2, 0.25) is 0 Å².